The molecular weight excluding hydrogens is 659 g/mol. The Morgan fingerprint density at radius 1 is 0.920 bits per heavy atom. The third-order valence-electron chi connectivity index (χ3n) is 8.05. The van der Waals surface area contributed by atoms with E-state index in [9.17, 15) is 37.1 Å². The number of benzene rings is 3. The normalized spacial score (nSPS) is 12.1. The van der Waals surface area contributed by atoms with Gasteiger partial charge in [-0.3, -0.25) is 4.79 Å². The van der Waals surface area contributed by atoms with Crippen molar-refractivity contribution in [3.05, 3.63) is 100 Å². The Kier molecular flexibility index (Phi) is 11.0. The van der Waals surface area contributed by atoms with Gasteiger partial charge in [0.15, 0.2) is 5.75 Å². The Balaban J connectivity index is 1.87. The highest BCUT2D eigenvalue weighted by molar-refractivity contribution is 5.75. The summed E-state index contributed by atoms with van der Waals surface area (Å²) in [5.74, 6) is -3.54. The molecule has 0 spiro atoms. The quantitative estimate of drug-likeness (QED) is 0.138. The average Bonchev–Trinajstić information content (AvgIpc) is 3.06. The first-order valence-corrected chi connectivity index (χ1v) is 15.6. The molecule has 0 aliphatic heterocycles. The summed E-state index contributed by atoms with van der Waals surface area (Å²) in [6, 6.07) is 14.5. The van der Waals surface area contributed by atoms with Gasteiger partial charge in [0.2, 0.25) is 5.95 Å². The van der Waals surface area contributed by atoms with E-state index in [1.807, 2.05) is 26.0 Å². The van der Waals surface area contributed by atoms with Gasteiger partial charge in [0.05, 0.1) is 42.1 Å². The molecule has 0 saturated heterocycles. The number of aromatic nitrogens is 2. The van der Waals surface area contributed by atoms with Gasteiger partial charge in [0, 0.05) is 31.1 Å². The van der Waals surface area contributed by atoms with Crippen LogP contribution in [-0.2, 0) is 30.0 Å². The number of nitriles is 1. The maximum Gasteiger partial charge on any atom is 0.416 e. The monoisotopic (exact) mass is 696 g/mol. The molecule has 1 N–H and O–H groups in total. The number of rotatable bonds is 13. The Morgan fingerprint density at radius 3 is 2.16 bits per heavy atom. The highest BCUT2D eigenvalue weighted by Crippen LogP contribution is 2.39. The van der Waals surface area contributed by atoms with Crippen molar-refractivity contribution in [2.24, 2.45) is 5.41 Å². The lowest BCUT2D eigenvalue weighted by Crippen LogP contribution is -2.30. The lowest BCUT2D eigenvalue weighted by atomic mass is 9.91. The number of hydrogen-bond acceptors (Lipinski definition) is 7. The smallest absolute Gasteiger partial charge is 0.416 e. The van der Waals surface area contributed by atoms with Crippen molar-refractivity contribution >= 4 is 11.9 Å². The van der Waals surface area contributed by atoms with Gasteiger partial charge in [-0.15, -0.1) is 0 Å². The Bertz CT molecular complexity index is 1880. The predicted molar refractivity (Wildman–Crippen MR) is 177 cm³/mol. The first-order valence-electron chi connectivity index (χ1n) is 15.6. The molecule has 13 heteroatoms. The number of ether oxygens (including phenoxy) is 2. The molecule has 0 radical (unpaired) electrons. The molecule has 0 bridgehead atoms. The first kappa shape index (κ1) is 37.6. The molecular formula is C37H37F5N4O4. The van der Waals surface area contributed by atoms with Gasteiger partial charge in [-0.25, -0.2) is 18.7 Å². The molecule has 8 nitrogen and oxygen atoms in total. The lowest BCUT2D eigenvalue weighted by Gasteiger charge is -2.26. The van der Waals surface area contributed by atoms with E-state index >= 15 is 0 Å². The second-order valence-corrected chi connectivity index (χ2v) is 13.0. The van der Waals surface area contributed by atoms with Gasteiger partial charge in [0.1, 0.15) is 12.4 Å². The number of halogens is 5. The van der Waals surface area contributed by atoms with Crippen molar-refractivity contribution in [1.29, 1.82) is 5.26 Å². The molecule has 0 aliphatic carbocycles. The SMILES string of the molecule is COc1ccc(C(C)C)cc1-c1ccc(C(C)(F)F)cc1CN(Cc1cc(C#N)cc(C(F)(F)F)c1)c1ncc(OCC(C)(C)C(=O)O)cn1. The summed E-state index contributed by atoms with van der Waals surface area (Å²) in [7, 11) is 1.49. The molecule has 0 fully saturated rings. The molecule has 50 heavy (non-hydrogen) atoms. The number of anilines is 1. The fourth-order valence-electron chi connectivity index (χ4n) is 5.06. The second kappa shape index (κ2) is 14.7. The first-order chi connectivity index (χ1) is 23.3. The van der Waals surface area contributed by atoms with Crippen LogP contribution in [0.4, 0.5) is 27.9 Å². The minimum absolute atomic E-state index is 0.00766. The summed E-state index contributed by atoms with van der Waals surface area (Å²) in [4.78, 5) is 21.7. The Labute approximate surface area is 287 Å². The molecule has 1 heterocycles. The predicted octanol–water partition coefficient (Wildman–Crippen LogP) is 8.97. The van der Waals surface area contributed by atoms with E-state index in [-0.39, 0.29) is 54.0 Å². The van der Waals surface area contributed by atoms with E-state index in [2.05, 4.69) is 9.97 Å². The number of carboxylic acid groups (broad SMARTS) is 1. The molecule has 0 atom stereocenters. The average molecular weight is 697 g/mol. The molecule has 0 saturated carbocycles. The van der Waals surface area contributed by atoms with Crippen LogP contribution >= 0.6 is 0 Å². The molecule has 4 rings (SSSR count). The fraction of sp³-hybridized carbons (Fsp3) is 0.351. The number of hydrogen-bond donors (Lipinski definition) is 1. The number of aliphatic carboxylic acids is 1. The number of methoxy groups -OCH3 is 1. The Hall–Kier alpha value is -5.25. The fourth-order valence-corrected chi connectivity index (χ4v) is 5.06. The van der Waals surface area contributed by atoms with Crippen LogP contribution < -0.4 is 14.4 Å². The number of nitrogens with zero attached hydrogens (tertiary/aromatic N) is 4. The highest BCUT2D eigenvalue weighted by atomic mass is 19.4. The summed E-state index contributed by atoms with van der Waals surface area (Å²) >= 11 is 0. The van der Waals surface area contributed by atoms with Gasteiger partial charge in [-0.05, 0) is 78.4 Å². The van der Waals surface area contributed by atoms with Crippen LogP contribution in [0.2, 0.25) is 0 Å². The summed E-state index contributed by atoms with van der Waals surface area (Å²) in [5.41, 5.74) is -0.146. The number of alkyl halides is 5. The van der Waals surface area contributed by atoms with Crippen molar-refractivity contribution in [3.63, 3.8) is 0 Å². The topological polar surface area (TPSA) is 109 Å². The maximum absolute atomic E-state index is 14.7. The molecule has 0 aliphatic rings. The van der Waals surface area contributed by atoms with E-state index in [0.717, 1.165) is 24.6 Å². The van der Waals surface area contributed by atoms with E-state index in [1.165, 1.54) is 56.4 Å². The van der Waals surface area contributed by atoms with Crippen molar-refractivity contribution in [2.75, 3.05) is 18.6 Å². The molecule has 264 valence electrons. The van der Waals surface area contributed by atoms with Crippen molar-refractivity contribution in [3.8, 4) is 28.7 Å². The highest BCUT2D eigenvalue weighted by Gasteiger charge is 2.32. The standard InChI is InChI=1S/C37H37F5N4O4/c1-22(2)25-7-10-32(49-6)31(15-25)30-9-8-27(36(5,38)39)14-26(30)20-46(19-24-11-23(16-43)12-28(13-24)37(40,41)42)34-44-17-29(18-45-34)50-21-35(3,4)33(47)48/h7-15,17-18,22H,19-21H2,1-6H3,(H,47,48). The van der Waals surface area contributed by atoms with E-state index in [0.29, 0.717) is 22.4 Å². The van der Waals surface area contributed by atoms with Gasteiger partial charge in [0.25, 0.3) is 5.92 Å². The van der Waals surface area contributed by atoms with Crippen LogP contribution in [-0.4, -0.2) is 34.8 Å². The van der Waals surface area contributed by atoms with Crippen LogP contribution in [0.25, 0.3) is 11.1 Å². The third kappa shape index (κ3) is 9.05. The van der Waals surface area contributed by atoms with Gasteiger partial charge >= 0.3 is 12.1 Å². The maximum atomic E-state index is 14.7. The zero-order valence-electron chi connectivity index (χ0n) is 28.4. The van der Waals surface area contributed by atoms with Crippen LogP contribution in [0, 0.1) is 16.7 Å². The summed E-state index contributed by atoms with van der Waals surface area (Å²) in [6.07, 6.45) is -2.17. The van der Waals surface area contributed by atoms with Crippen LogP contribution in [0.1, 0.15) is 73.9 Å². The third-order valence-corrected chi connectivity index (χ3v) is 8.05. The van der Waals surface area contributed by atoms with Crippen molar-refractivity contribution < 1.29 is 41.3 Å². The minimum Gasteiger partial charge on any atom is -0.496 e. The van der Waals surface area contributed by atoms with E-state index in [1.54, 1.807) is 18.2 Å². The Morgan fingerprint density at radius 2 is 1.60 bits per heavy atom. The van der Waals surface area contributed by atoms with Gasteiger partial charge < -0.3 is 19.5 Å². The van der Waals surface area contributed by atoms with Crippen LogP contribution in [0.3, 0.4) is 0 Å². The number of carboxylic acids is 1. The zero-order valence-corrected chi connectivity index (χ0v) is 28.4. The van der Waals surface area contributed by atoms with Gasteiger partial charge in [-0.2, -0.15) is 18.4 Å². The zero-order chi connectivity index (χ0) is 37.0. The van der Waals surface area contributed by atoms with Crippen molar-refractivity contribution in [2.45, 2.75) is 65.7 Å². The largest absolute Gasteiger partial charge is 0.496 e. The second-order valence-electron chi connectivity index (χ2n) is 13.0. The summed E-state index contributed by atoms with van der Waals surface area (Å²) in [5, 5.41) is 18.9. The summed E-state index contributed by atoms with van der Waals surface area (Å²) in [6.45, 7) is 7.14. The molecule has 3 aromatic carbocycles. The van der Waals surface area contributed by atoms with E-state index < -0.39 is 29.0 Å². The summed E-state index contributed by atoms with van der Waals surface area (Å²) < 4.78 is 82.2. The molecule has 0 unspecified atom stereocenters. The number of carbonyl (C=O) groups is 1. The molecule has 1 aromatic heterocycles. The van der Waals surface area contributed by atoms with Crippen molar-refractivity contribution in [1.82, 2.24) is 9.97 Å². The van der Waals surface area contributed by atoms with Gasteiger partial charge in [-0.1, -0.05) is 32.0 Å². The van der Waals surface area contributed by atoms with Crippen LogP contribution in [0.15, 0.2) is 67.0 Å². The lowest BCUT2D eigenvalue weighted by molar-refractivity contribution is -0.148. The molecule has 0 amide bonds. The molecule has 4 aromatic rings. The van der Waals surface area contributed by atoms with Crippen LogP contribution in [0.5, 0.6) is 11.5 Å². The van der Waals surface area contributed by atoms with E-state index in [4.69, 9.17) is 9.47 Å². The minimum atomic E-state index is -4.74.